The van der Waals surface area contributed by atoms with Gasteiger partial charge in [0.05, 0.1) is 6.21 Å². The molecule has 3 rings (SSSR count). The Morgan fingerprint density at radius 2 is 1.68 bits per heavy atom. The maximum absolute atomic E-state index is 12.3. The molecule has 0 radical (unpaired) electrons. The normalized spacial score (nSPS) is 10.6. The van der Waals surface area contributed by atoms with Crippen molar-refractivity contribution in [2.24, 2.45) is 5.10 Å². The van der Waals surface area contributed by atoms with Crippen LogP contribution in [0.3, 0.4) is 0 Å². The predicted octanol–water partition coefficient (Wildman–Crippen LogP) is 3.72. The van der Waals surface area contributed by atoms with Crippen molar-refractivity contribution in [2.75, 3.05) is 5.32 Å². The van der Waals surface area contributed by atoms with Crippen molar-refractivity contribution in [3.63, 3.8) is 0 Å². The molecule has 0 spiro atoms. The van der Waals surface area contributed by atoms with Crippen LogP contribution in [-0.4, -0.2) is 23.1 Å². The molecular formula is C22H19N3O3. The molecule has 3 aromatic rings. The number of aryl methyl sites for hydroxylation is 1. The van der Waals surface area contributed by atoms with Crippen LogP contribution in [0.5, 0.6) is 5.75 Å². The Balaban J connectivity index is 1.60. The largest absolute Gasteiger partial charge is 0.508 e. The molecule has 28 heavy (non-hydrogen) atoms. The van der Waals surface area contributed by atoms with Gasteiger partial charge in [-0.25, -0.2) is 5.43 Å². The molecule has 0 heterocycles. The molecule has 0 aliphatic heterocycles. The van der Waals surface area contributed by atoms with Crippen molar-refractivity contribution in [2.45, 2.75) is 6.92 Å². The molecule has 3 aromatic carbocycles. The Morgan fingerprint density at radius 3 is 2.39 bits per heavy atom. The van der Waals surface area contributed by atoms with Gasteiger partial charge in [-0.05, 0) is 60.5 Å². The number of amides is 2. The fourth-order valence-electron chi connectivity index (χ4n) is 2.57. The number of hydrogen-bond donors (Lipinski definition) is 3. The van der Waals surface area contributed by atoms with Gasteiger partial charge in [0.15, 0.2) is 0 Å². The van der Waals surface area contributed by atoms with Crippen LogP contribution in [0.1, 0.15) is 31.8 Å². The minimum absolute atomic E-state index is 0.124. The predicted molar refractivity (Wildman–Crippen MR) is 109 cm³/mol. The lowest BCUT2D eigenvalue weighted by atomic mass is 10.1. The van der Waals surface area contributed by atoms with Gasteiger partial charge in [0.25, 0.3) is 11.8 Å². The summed E-state index contributed by atoms with van der Waals surface area (Å²) in [6.07, 6.45) is 1.44. The van der Waals surface area contributed by atoms with E-state index in [1.54, 1.807) is 48.5 Å². The summed E-state index contributed by atoms with van der Waals surface area (Å²) in [4.78, 5) is 24.5. The SMILES string of the molecule is Cc1ccccc1C(=O)Nc1ccc(C(=O)NN=Cc2cccc(O)c2)cc1. The third-order valence-electron chi connectivity index (χ3n) is 4.04. The maximum atomic E-state index is 12.3. The van der Waals surface area contributed by atoms with Crippen molar-refractivity contribution in [3.05, 3.63) is 95.1 Å². The van der Waals surface area contributed by atoms with Gasteiger partial charge >= 0.3 is 0 Å². The number of phenolic OH excluding ortho intramolecular Hbond substituents is 1. The van der Waals surface area contributed by atoms with Crippen molar-refractivity contribution in [3.8, 4) is 5.75 Å². The first-order valence-corrected chi connectivity index (χ1v) is 8.62. The molecule has 0 saturated heterocycles. The van der Waals surface area contributed by atoms with Gasteiger partial charge in [-0.2, -0.15) is 5.10 Å². The summed E-state index contributed by atoms with van der Waals surface area (Å²) in [6.45, 7) is 1.87. The quantitative estimate of drug-likeness (QED) is 0.470. The molecule has 0 aromatic heterocycles. The van der Waals surface area contributed by atoms with Crippen LogP contribution in [0, 0.1) is 6.92 Å². The molecule has 0 bridgehead atoms. The molecule has 3 N–H and O–H groups in total. The number of rotatable bonds is 5. The van der Waals surface area contributed by atoms with Crippen molar-refractivity contribution >= 4 is 23.7 Å². The van der Waals surface area contributed by atoms with Crippen LogP contribution in [0.25, 0.3) is 0 Å². The monoisotopic (exact) mass is 373 g/mol. The van der Waals surface area contributed by atoms with E-state index in [0.717, 1.165) is 5.56 Å². The highest BCUT2D eigenvalue weighted by atomic mass is 16.3. The summed E-state index contributed by atoms with van der Waals surface area (Å²) in [7, 11) is 0. The van der Waals surface area contributed by atoms with Crippen LogP contribution in [0.2, 0.25) is 0 Å². The zero-order chi connectivity index (χ0) is 19.9. The van der Waals surface area contributed by atoms with E-state index in [2.05, 4.69) is 15.8 Å². The molecule has 140 valence electrons. The first kappa shape index (κ1) is 18.8. The Bertz CT molecular complexity index is 1030. The highest BCUT2D eigenvalue weighted by molar-refractivity contribution is 6.05. The molecule has 0 aliphatic carbocycles. The van der Waals surface area contributed by atoms with Gasteiger partial charge < -0.3 is 10.4 Å². The number of benzene rings is 3. The van der Waals surface area contributed by atoms with Crippen molar-refractivity contribution in [1.82, 2.24) is 5.43 Å². The first-order valence-electron chi connectivity index (χ1n) is 8.62. The summed E-state index contributed by atoms with van der Waals surface area (Å²) in [5, 5.41) is 16.1. The summed E-state index contributed by atoms with van der Waals surface area (Å²) in [5.74, 6) is -0.460. The van der Waals surface area contributed by atoms with E-state index in [0.29, 0.717) is 22.4 Å². The molecule has 0 unspecified atom stereocenters. The van der Waals surface area contributed by atoms with Crippen LogP contribution >= 0.6 is 0 Å². The van der Waals surface area contributed by atoms with E-state index in [1.807, 2.05) is 25.1 Å². The summed E-state index contributed by atoms with van der Waals surface area (Å²) < 4.78 is 0. The number of carbonyl (C=O) groups excluding carboxylic acids is 2. The number of nitrogens with one attached hydrogen (secondary N) is 2. The first-order chi connectivity index (χ1) is 13.5. The van der Waals surface area contributed by atoms with Crippen LogP contribution in [0.15, 0.2) is 77.9 Å². The van der Waals surface area contributed by atoms with E-state index in [9.17, 15) is 14.7 Å². The number of anilines is 1. The number of phenols is 1. The lowest BCUT2D eigenvalue weighted by Gasteiger charge is -2.08. The van der Waals surface area contributed by atoms with E-state index in [-0.39, 0.29) is 17.6 Å². The topological polar surface area (TPSA) is 90.8 Å². The summed E-state index contributed by atoms with van der Waals surface area (Å²) >= 11 is 0. The second-order valence-corrected chi connectivity index (χ2v) is 6.14. The molecule has 6 nitrogen and oxygen atoms in total. The Morgan fingerprint density at radius 1 is 0.929 bits per heavy atom. The summed E-state index contributed by atoms with van der Waals surface area (Å²) in [5.41, 5.74) is 5.57. The molecule has 6 heteroatoms. The minimum Gasteiger partial charge on any atom is -0.508 e. The third kappa shape index (κ3) is 4.82. The Kier molecular flexibility index (Phi) is 5.81. The fourth-order valence-corrected chi connectivity index (χ4v) is 2.57. The second kappa shape index (κ2) is 8.64. The van der Waals surface area contributed by atoms with Gasteiger partial charge in [-0.3, -0.25) is 9.59 Å². The van der Waals surface area contributed by atoms with Crippen LogP contribution in [-0.2, 0) is 0 Å². The van der Waals surface area contributed by atoms with Crippen LogP contribution < -0.4 is 10.7 Å². The van der Waals surface area contributed by atoms with Crippen molar-refractivity contribution < 1.29 is 14.7 Å². The lowest BCUT2D eigenvalue weighted by Crippen LogP contribution is -2.18. The number of aromatic hydroxyl groups is 1. The van der Waals surface area contributed by atoms with Gasteiger partial charge in [-0.15, -0.1) is 0 Å². The number of carbonyl (C=O) groups is 2. The van der Waals surface area contributed by atoms with Crippen molar-refractivity contribution in [1.29, 1.82) is 0 Å². The molecule has 0 aliphatic rings. The number of hydrazone groups is 1. The third-order valence-corrected chi connectivity index (χ3v) is 4.04. The average molecular weight is 373 g/mol. The molecular weight excluding hydrogens is 354 g/mol. The Labute approximate surface area is 162 Å². The fraction of sp³-hybridized carbons (Fsp3) is 0.0455. The summed E-state index contributed by atoms with van der Waals surface area (Å²) in [6, 6.07) is 20.4. The van der Waals surface area contributed by atoms with Crippen LogP contribution in [0.4, 0.5) is 5.69 Å². The van der Waals surface area contributed by atoms with Gasteiger partial charge in [0.1, 0.15) is 5.75 Å². The van der Waals surface area contributed by atoms with Gasteiger partial charge in [0.2, 0.25) is 0 Å². The van der Waals surface area contributed by atoms with Gasteiger partial charge in [0, 0.05) is 16.8 Å². The lowest BCUT2D eigenvalue weighted by molar-refractivity contribution is 0.0954. The molecule has 0 saturated carbocycles. The number of hydrogen-bond acceptors (Lipinski definition) is 4. The second-order valence-electron chi connectivity index (χ2n) is 6.14. The van der Waals surface area contributed by atoms with E-state index in [4.69, 9.17) is 0 Å². The zero-order valence-corrected chi connectivity index (χ0v) is 15.2. The smallest absolute Gasteiger partial charge is 0.271 e. The average Bonchev–Trinajstić information content (AvgIpc) is 2.69. The molecule has 0 atom stereocenters. The standard InChI is InChI=1S/C22H19N3O3/c1-15-5-2-3-8-20(15)22(28)24-18-11-9-17(10-12-18)21(27)25-23-14-16-6-4-7-19(26)13-16/h2-14,26H,1H3,(H,24,28)(H,25,27). The Hall–Kier alpha value is -3.93. The van der Waals surface area contributed by atoms with E-state index in [1.165, 1.54) is 12.3 Å². The highest BCUT2D eigenvalue weighted by Crippen LogP contribution is 2.14. The number of nitrogens with zero attached hydrogens (tertiary/aromatic N) is 1. The van der Waals surface area contributed by atoms with Gasteiger partial charge in [-0.1, -0.05) is 30.3 Å². The molecule has 2 amide bonds. The minimum atomic E-state index is -0.381. The van der Waals surface area contributed by atoms with E-state index < -0.39 is 0 Å². The zero-order valence-electron chi connectivity index (χ0n) is 15.2. The molecule has 0 fully saturated rings. The highest BCUT2D eigenvalue weighted by Gasteiger charge is 2.09. The van der Waals surface area contributed by atoms with E-state index >= 15 is 0 Å². The maximum Gasteiger partial charge on any atom is 0.271 e.